The SMILES string of the molecule is O=C1NCN(c2ccccc2)C12CCN(CCCC1(c3ccc(Cl)c(Cl)c3)CCN(C3=NCCN3)C1)CC2. The van der Waals surface area contributed by atoms with E-state index in [4.69, 9.17) is 23.2 Å². The number of halogens is 2. The first kappa shape index (κ1) is 25.8. The van der Waals surface area contributed by atoms with Crippen molar-refractivity contribution in [2.75, 3.05) is 57.4 Å². The molecule has 4 aliphatic rings. The van der Waals surface area contributed by atoms with Gasteiger partial charge in [-0.2, -0.15) is 0 Å². The van der Waals surface area contributed by atoms with Gasteiger partial charge in [0.25, 0.3) is 0 Å². The monoisotopic (exact) mass is 554 g/mol. The fourth-order valence-corrected chi connectivity index (χ4v) is 7.18. The minimum absolute atomic E-state index is 0.0213. The summed E-state index contributed by atoms with van der Waals surface area (Å²) in [5, 5.41) is 7.78. The van der Waals surface area contributed by atoms with E-state index in [1.165, 1.54) is 5.56 Å². The Hall–Kier alpha value is -2.48. The summed E-state index contributed by atoms with van der Waals surface area (Å²) in [6, 6.07) is 16.5. The van der Waals surface area contributed by atoms with E-state index >= 15 is 0 Å². The Morgan fingerprint density at radius 1 is 0.947 bits per heavy atom. The maximum absolute atomic E-state index is 13.0. The molecule has 4 heterocycles. The van der Waals surface area contributed by atoms with E-state index in [9.17, 15) is 4.79 Å². The number of hydrogen-bond acceptors (Lipinski definition) is 6. The van der Waals surface area contributed by atoms with E-state index in [0.29, 0.717) is 16.7 Å². The highest BCUT2D eigenvalue weighted by Crippen LogP contribution is 2.42. The number of nitrogens with one attached hydrogen (secondary N) is 2. The van der Waals surface area contributed by atoms with Gasteiger partial charge in [0, 0.05) is 43.8 Å². The van der Waals surface area contributed by atoms with Crippen molar-refractivity contribution in [3.05, 3.63) is 64.1 Å². The molecule has 3 fully saturated rings. The molecule has 1 amide bonds. The number of para-hydroxylation sites is 1. The zero-order valence-corrected chi connectivity index (χ0v) is 23.3. The van der Waals surface area contributed by atoms with Gasteiger partial charge in [-0.15, -0.1) is 0 Å². The third kappa shape index (κ3) is 4.74. The number of piperidine rings is 1. The van der Waals surface area contributed by atoms with Gasteiger partial charge in [-0.05, 0) is 68.5 Å². The predicted molar refractivity (Wildman–Crippen MR) is 154 cm³/mol. The minimum atomic E-state index is -0.430. The lowest BCUT2D eigenvalue weighted by Gasteiger charge is -2.43. The van der Waals surface area contributed by atoms with Crippen molar-refractivity contribution in [2.45, 2.75) is 43.1 Å². The summed E-state index contributed by atoms with van der Waals surface area (Å²) >= 11 is 12.7. The summed E-state index contributed by atoms with van der Waals surface area (Å²) in [7, 11) is 0. The van der Waals surface area contributed by atoms with E-state index in [1.54, 1.807) is 0 Å². The molecule has 0 bridgehead atoms. The predicted octanol–water partition coefficient (Wildman–Crippen LogP) is 4.10. The highest BCUT2D eigenvalue weighted by Gasteiger charge is 2.50. The first-order chi connectivity index (χ1) is 18.5. The van der Waals surface area contributed by atoms with Gasteiger partial charge in [0.1, 0.15) is 5.54 Å². The van der Waals surface area contributed by atoms with Crippen LogP contribution in [0.4, 0.5) is 5.69 Å². The molecular formula is C29H36Cl2N6O. The van der Waals surface area contributed by atoms with Crippen LogP contribution in [-0.4, -0.2) is 79.7 Å². The summed E-state index contributed by atoms with van der Waals surface area (Å²) in [6.07, 6.45) is 4.94. The van der Waals surface area contributed by atoms with Gasteiger partial charge >= 0.3 is 0 Å². The Bertz CT molecular complexity index is 1200. The second-order valence-corrected chi connectivity index (χ2v) is 11.9. The minimum Gasteiger partial charge on any atom is -0.354 e. The quantitative estimate of drug-likeness (QED) is 0.562. The van der Waals surface area contributed by atoms with Crippen LogP contribution >= 0.6 is 23.2 Å². The van der Waals surface area contributed by atoms with Crippen LogP contribution in [0.1, 0.15) is 37.7 Å². The van der Waals surface area contributed by atoms with Crippen molar-refractivity contribution in [3.63, 3.8) is 0 Å². The van der Waals surface area contributed by atoms with Crippen LogP contribution < -0.4 is 15.5 Å². The maximum Gasteiger partial charge on any atom is 0.247 e. The summed E-state index contributed by atoms with van der Waals surface area (Å²) in [4.78, 5) is 24.9. The maximum atomic E-state index is 13.0. The van der Waals surface area contributed by atoms with Gasteiger partial charge in [-0.1, -0.05) is 47.5 Å². The van der Waals surface area contributed by atoms with Crippen molar-refractivity contribution in [3.8, 4) is 0 Å². The molecule has 2 aromatic carbocycles. The molecule has 2 aromatic rings. The standard InChI is InChI=1S/C29H36Cl2N6O/c30-24-8-7-22(19-25(24)31)28(10-18-36(20-28)27-32-13-14-33-27)9-4-15-35-16-11-29(12-17-35)26(38)34-21-37(29)23-5-2-1-3-6-23/h1-3,5-8,19H,4,9-18,20-21H2,(H,32,33)(H,34,38). The average Bonchev–Trinajstić information content (AvgIpc) is 3.68. The van der Waals surface area contributed by atoms with Crippen LogP contribution in [0.15, 0.2) is 53.5 Å². The fraction of sp³-hybridized carbons (Fsp3) is 0.517. The van der Waals surface area contributed by atoms with Crippen molar-refractivity contribution in [2.24, 2.45) is 4.99 Å². The number of hydrogen-bond donors (Lipinski definition) is 2. The second kappa shape index (κ2) is 10.6. The topological polar surface area (TPSA) is 63.2 Å². The molecule has 1 spiro atoms. The Morgan fingerprint density at radius 2 is 1.76 bits per heavy atom. The Labute approximate surface area is 235 Å². The van der Waals surface area contributed by atoms with Crippen LogP contribution in [0.3, 0.4) is 0 Å². The van der Waals surface area contributed by atoms with E-state index in [2.05, 4.69) is 54.6 Å². The molecule has 4 aliphatic heterocycles. The molecule has 0 saturated carbocycles. The number of nitrogens with zero attached hydrogens (tertiary/aromatic N) is 4. The van der Waals surface area contributed by atoms with E-state index < -0.39 is 5.54 Å². The number of benzene rings is 2. The molecule has 7 nitrogen and oxygen atoms in total. The summed E-state index contributed by atoms with van der Waals surface area (Å²) in [5.74, 6) is 1.21. The Balaban J connectivity index is 1.11. The van der Waals surface area contributed by atoms with Crippen molar-refractivity contribution in [1.29, 1.82) is 0 Å². The summed E-state index contributed by atoms with van der Waals surface area (Å²) in [5.41, 5.74) is 1.98. The summed E-state index contributed by atoms with van der Waals surface area (Å²) < 4.78 is 0. The molecule has 6 rings (SSSR count). The number of amides is 1. The molecule has 0 aliphatic carbocycles. The van der Waals surface area contributed by atoms with Gasteiger partial charge in [0.15, 0.2) is 5.96 Å². The molecule has 9 heteroatoms. The third-order valence-corrected chi connectivity index (χ3v) is 9.80. The smallest absolute Gasteiger partial charge is 0.247 e. The van der Waals surface area contributed by atoms with Crippen molar-refractivity contribution < 1.29 is 4.79 Å². The molecule has 0 aromatic heterocycles. The normalized spacial score (nSPS) is 25.1. The van der Waals surface area contributed by atoms with Crippen LogP contribution in [-0.2, 0) is 10.2 Å². The lowest BCUT2D eigenvalue weighted by Crippen LogP contribution is -2.56. The number of aliphatic imine (C=N–C) groups is 1. The lowest BCUT2D eigenvalue weighted by atomic mass is 9.76. The molecule has 2 N–H and O–H groups in total. The van der Waals surface area contributed by atoms with Crippen LogP contribution in [0.25, 0.3) is 0 Å². The zero-order valence-electron chi connectivity index (χ0n) is 21.8. The van der Waals surface area contributed by atoms with Gasteiger partial charge in [-0.3, -0.25) is 9.79 Å². The molecular weight excluding hydrogens is 519 g/mol. The number of carbonyl (C=O) groups is 1. The highest BCUT2D eigenvalue weighted by atomic mass is 35.5. The number of likely N-dealkylation sites (tertiary alicyclic amines) is 2. The average molecular weight is 556 g/mol. The lowest BCUT2D eigenvalue weighted by molar-refractivity contribution is -0.125. The van der Waals surface area contributed by atoms with E-state index in [0.717, 1.165) is 89.6 Å². The van der Waals surface area contributed by atoms with E-state index in [-0.39, 0.29) is 11.3 Å². The van der Waals surface area contributed by atoms with Crippen LogP contribution in [0, 0.1) is 0 Å². The van der Waals surface area contributed by atoms with Crippen molar-refractivity contribution >= 4 is 40.8 Å². The number of rotatable bonds is 6. The number of anilines is 1. The second-order valence-electron chi connectivity index (χ2n) is 11.1. The molecule has 1 atom stereocenters. The van der Waals surface area contributed by atoms with Crippen LogP contribution in [0.5, 0.6) is 0 Å². The van der Waals surface area contributed by atoms with Gasteiger partial charge in [0.2, 0.25) is 5.91 Å². The number of guanidine groups is 1. The van der Waals surface area contributed by atoms with Crippen molar-refractivity contribution in [1.82, 2.24) is 20.4 Å². The zero-order chi connectivity index (χ0) is 26.2. The van der Waals surface area contributed by atoms with E-state index in [1.807, 2.05) is 24.3 Å². The first-order valence-corrected chi connectivity index (χ1v) is 14.6. The Morgan fingerprint density at radius 3 is 2.50 bits per heavy atom. The third-order valence-electron chi connectivity index (χ3n) is 9.06. The molecule has 1 unspecified atom stereocenters. The fourth-order valence-electron chi connectivity index (χ4n) is 6.88. The Kier molecular flexibility index (Phi) is 7.18. The summed E-state index contributed by atoms with van der Waals surface area (Å²) in [6.45, 7) is 7.18. The van der Waals surface area contributed by atoms with Crippen LogP contribution in [0.2, 0.25) is 10.0 Å². The van der Waals surface area contributed by atoms with Gasteiger partial charge in [-0.25, -0.2) is 0 Å². The first-order valence-electron chi connectivity index (χ1n) is 13.8. The van der Waals surface area contributed by atoms with Gasteiger partial charge < -0.3 is 25.3 Å². The number of carbonyl (C=O) groups excluding carboxylic acids is 1. The molecule has 202 valence electrons. The van der Waals surface area contributed by atoms with Gasteiger partial charge in [0.05, 0.1) is 23.3 Å². The molecule has 3 saturated heterocycles. The molecule has 0 radical (unpaired) electrons. The molecule has 38 heavy (non-hydrogen) atoms. The largest absolute Gasteiger partial charge is 0.354 e. The highest BCUT2D eigenvalue weighted by molar-refractivity contribution is 6.42.